The molecule has 0 amide bonds. The maximum Gasteiger partial charge on any atom is 0.134 e. The molecule has 1 aromatic carbocycles. The summed E-state index contributed by atoms with van der Waals surface area (Å²) in [6.45, 7) is 7.95. The van der Waals surface area contributed by atoms with Crippen molar-refractivity contribution in [2.75, 3.05) is 24.5 Å². The molecule has 0 bridgehead atoms. The molecular formula is C18H26FN5. The van der Waals surface area contributed by atoms with Gasteiger partial charge in [-0.3, -0.25) is 0 Å². The van der Waals surface area contributed by atoms with Gasteiger partial charge in [-0.25, -0.2) is 4.39 Å². The highest BCUT2D eigenvalue weighted by molar-refractivity contribution is 5.53. The Hall–Kier alpha value is -1.95. The Labute approximate surface area is 142 Å². The summed E-state index contributed by atoms with van der Waals surface area (Å²) in [6.07, 6.45) is 4.92. The molecule has 1 fully saturated rings. The van der Waals surface area contributed by atoms with Gasteiger partial charge in [0.15, 0.2) is 0 Å². The van der Waals surface area contributed by atoms with Gasteiger partial charge in [0.05, 0.1) is 0 Å². The number of nitrogens with zero attached hydrogens (tertiary/aromatic N) is 4. The maximum absolute atomic E-state index is 13.2. The van der Waals surface area contributed by atoms with Gasteiger partial charge < -0.3 is 14.8 Å². The number of piperidine rings is 1. The van der Waals surface area contributed by atoms with Crippen LogP contribution < -0.4 is 10.2 Å². The Bertz CT molecular complexity index is 661. The Morgan fingerprint density at radius 2 is 2.08 bits per heavy atom. The lowest BCUT2D eigenvalue weighted by Gasteiger charge is -2.35. The van der Waals surface area contributed by atoms with Crippen LogP contribution in [-0.4, -0.2) is 40.4 Å². The number of benzene rings is 1. The number of hydrogen-bond donors (Lipinski definition) is 1. The van der Waals surface area contributed by atoms with E-state index in [1.807, 2.05) is 13.0 Å². The molecule has 3 rings (SSSR count). The van der Waals surface area contributed by atoms with E-state index >= 15 is 0 Å². The Morgan fingerprint density at radius 1 is 1.29 bits per heavy atom. The summed E-state index contributed by atoms with van der Waals surface area (Å²) in [5.41, 5.74) is 2.17. The lowest BCUT2D eigenvalue weighted by atomic mass is 10.0. The average molecular weight is 331 g/mol. The molecule has 2 aromatic rings. The number of nitrogens with one attached hydrogen (secondary N) is 1. The zero-order valence-electron chi connectivity index (χ0n) is 14.5. The summed E-state index contributed by atoms with van der Waals surface area (Å²) in [7, 11) is 0. The highest BCUT2D eigenvalue weighted by atomic mass is 19.1. The minimum Gasteiger partial charge on any atom is -0.371 e. The van der Waals surface area contributed by atoms with Crippen LogP contribution in [0.25, 0.3) is 0 Å². The summed E-state index contributed by atoms with van der Waals surface area (Å²) in [4.78, 5) is 2.36. The molecule has 5 nitrogen and oxygen atoms in total. The van der Waals surface area contributed by atoms with Crippen LogP contribution in [0.5, 0.6) is 0 Å². The molecule has 0 spiro atoms. The molecule has 1 N–H and O–H groups in total. The molecule has 6 heteroatoms. The van der Waals surface area contributed by atoms with Crippen molar-refractivity contribution in [2.45, 2.75) is 45.7 Å². The fourth-order valence-electron chi connectivity index (χ4n) is 3.42. The fourth-order valence-corrected chi connectivity index (χ4v) is 3.42. The second-order valence-electron chi connectivity index (χ2n) is 6.43. The molecule has 0 unspecified atom stereocenters. The van der Waals surface area contributed by atoms with E-state index in [9.17, 15) is 4.39 Å². The predicted molar refractivity (Wildman–Crippen MR) is 93.8 cm³/mol. The summed E-state index contributed by atoms with van der Waals surface area (Å²) in [6, 6.07) is 5.61. The molecular weight excluding hydrogens is 305 g/mol. The topological polar surface area (TPSA) is 46.0 Å². The molecule has 0 radical (unpaired) electrons. The Morgan fingerprint density at radius 3 is 2.79 bits per heavy atom. The van der Waals surface area contributed by atoms with E-state index < -0.39 is 0 Å². The van der Waals surface area contributed by atoms with Crippen molar-refractivity contribution in [3.63, 3.8) is 0 Å². The minimum absolute atomic E-state index is 0.160. The lowest BCUT2D eigenvalue weighted by Crippen LogP contribution is -2.43. The monoisotopic (exact) mass is 331 g/mol. The van der Waals surface area contributed by atoms with Crippen LogP contribution in [0, 0.1) is 12.7 Å². The summed E-state index contributed by atoms with van der Waals surface area (Å²) in [5, 5.41) is 11.8. The van der Waals surface area contributed by atoms with Crippen LogP contribution in [0.4, 0.5) is 10.1 Å². The molecule has 1 saturated heterocycles. The average Bonchev–Trinajstić information content (AvgIpc) is 3.03. The van der Waals surface area contributed by atoms with Crippen molar-refractivity contribution in [1.29, 1.82) is 0 Å². The number of anilines is 1. The zero-order chi connectivity index (χ0) is 16.9. The van der Waals surface area contributed by atoms with Gasteiger partial charge in [0, 0.05) is 44.3 Å². The van der Waals surface area contributed by atoms with Crippen molar-refractivity contribution in [3.05, 3.63) is 41.7 Å². The molecule has 0 aliphatic carbocycles. The van der Waals surface area contributed by atoms with Crippen molar-refractivity contribution in [3.8, 4) is 0 Å². The second-order valence-corrected chi connectivity index (χ2v) is 6.43. The first-order valence-electron chi connectivity index (χ1n) is 8.78. The minimum atomic E-state index is -0.160. The molecule has 1 aromatic heterocycles. The fraction of sp³-hybridized carbons (Fsp3) is 0.556. The lowest BCUT2D eigenvalue weighted by molar-refractivity contribution is 0.414. The maximum atomic E-state index is 13.2. The highest BCUT2D eigenvalue weighted by Crippen LogP contribution is 2.24. The summed E-state index contributed by atoms with van der Waals surface area (Å²) in [5.74, 6) is 0.886. The Balaban J connectivity index is 1.45. The largest absolute Gasteiger partial charge is 0.371 e. The summed E-state index contributed by atoms with van der Waals surface area (Å²) >= 11 is 0. The third-order valence-electron chi connectivity index (χ3n) is 4.81. The van der Waals surface area contributed by atoms with Gasteiger partial charge in [-0.15, -0.1) is 10.2 Å². The van der Waals surface area contributed by atoms with E-state index in [1.54, 1.807) is 18.5 Å². The van der Waals surface area contributed by atoms with Gasteiger partial charge in [0.25, 0.3) is 0 Å². The molecule has 1 aliphatic heterocycles. The van der Waals surface area contributed by atoms with E-state index in [1.165, 1.54) is 0 Å². The van der Waals surface area contributed by atoms with Gasteiger partial charge in [0.2, 0.25) is 0 Å². The van der Waals surface area contributed by atoms with Crippen LogP contribution in [0.1, 0.15) is 31.2 Å². The van der Waals surface area contributed by atoms with E-state index in [2.05, 4.69) is 31.9 Å². The summed E-state index contributed by atoms with van der Waals surface area (Å²) < 4.78 is 15.3. The number of halogens is 1. The van der Waals surface area contributed by atoms with Gasteiger partial charge >= 0.3 is 0 Å². The normalized spacial score (nSPS) is 15.9. The van der Waals surface area contributed by atoms with E-state index in [-0.39, 0.29) is 5.82 Å². The highest BCUT2D eigenvalue weighted by Gasteiger charge is 2.20. The smallest absolute Gasteiger partial charge is 0.134 e. The first-order chi connectivity index (χ1) is 11.7. The molecule has 2 heterocycles. The van der Waals surface area contributed by atoms with Crippen molar-refractivity contribution < 1.29 is 4.39 Å². The number of aromatic nitrogens is 3. The first-order valence-corrected chi connectivity index (χ1v) is 8.78. The van der Waals surface area contributed by atoms with Crippen molar-refractivity contribution in [2.24, 2.45) is 0 Å². The molecule has 0 atom stereocenters. The first kappa shape index (κ1) is 16.9. The van der Waals surface area contributed by atoms with Gasteiger partial charge in [-0.1, -0.05) is 0 Å². The molecule has 1 aliphatic rings. The van der Waals surface area contributed by atoms with Crippen molar-refractivity contribution >= 4 is 5.69 Å². The third kappa shape index (κ3) is 3.93. The van der Waals surface area contributed by atoms with Crippen LogP contribution >= 0.6 is 0 Å². The van der Waals surface area contributed by atoms with E-state index in [4.69, 9.17) is 0 Å². The molecule has 0 saturated carbocycles. The SMILES string of the molecule is CCn1cnnc1CCNC1CCN(c2ccc(F)cc2C)CC1. The standard InChI is InChI=1S/C18H26FN5/c1-3-23-13-21-22-18(23)6-9-20-16-7-10-24(11-8-16)17-5-4-15(19)12-14(17)2/h4-5,12-13,16,20H,3,6-11H2,1-2H3. The van der Waals surface area contributed by atoms with Crippen molar-refractivity contribution in [1.82, 2.24) is 20.1 Å². The van der Waals surface area contributed by atoms with Crippen LogP contribution in [-0.2, 0) is 13.0 Å². The van der Waals surface area contributed by atoms with Crippen LogP contribution in [0.2, 0.25) is 0 Å². The molecule has 24 heavy (non-hydrogen) atoms. The van der Waals surface area contributed by atoms with Crippen LogP contribution in [0.15, 0.2) is 24.5 Å². The number of aryl methyl sites for hydroxylation is 2. The van der Waals surface area contributed by atoms with Crippen LogP contribution in [0.3, 0.4) is 0 Å². The molecule has 130 valence electrons. The van der Waals surface area contributed by atoms with Gasteiger partial charge in [0.1, 0.15) is 18.0 Å². The quantitative estimate of drug-likeness (QED) is 0.884. The zero-order valence-corrected chi connectivity index (χ0v) is 14.5. The predicted octanol–water partition coefficient (Wildman–Crippen LogP) is 2.55. The number of hydrogen-bond acceptors (Lipinski definition) is 4. The number of rotatable bonds is 6. The van der Waals surface area contributed by atoms with Gasteiger partial charge in [-0.05, 0) is 50.5 Å². The van der Waals surface area contributed by atoms with Gasteiger partial charge in [-0.2, -0.15) is 0 Å². The Kier molecular flexibility index (Phi) is 5.45. The third-order valence-corrected chi connectivity index (χ3v) is 4.81. The van der Waals surface area contributed by atoms with E-state index in [0.717, 1.165) is 62.5 Å². The van der Waals surface area contributed by atoms with E-state index in [0.29, 0.717) is 6.04 Å². The second kappa shape index (κ2) is 7.75.